The highest BCUT2D eigenvalue weighted by molar-refractivity contribution is 5.42. The summed E-state index contributed by atoms with van der Waals surface area (Å²) in [6, 6.07) is 8.99. The zero-order valence-electron chi connectivity index (χ0n) is 13.0. The fourth-order valence-electron chi connectivity index (χ4n) is 4.31. The van der Waals surface area contributed by atoms with Gasteiger partial charge < -0.3 is 15.2 Å². The van der Waals surface area contributed by atoms with E-state index in [1.807, 2.05) is 6.20 Å². The van der Waals surface area contributed by atoms with Gasteiger partial charge in [-0.25, -0.2) is 4.98 Å². The van der Waals surface area contributed by atoms with Gasteiger partial charge in [0.05, 0.1) is 5.41 Å². The van der Waals surface area contributed by atoms with Crippen molar-refractivity contribution in [1.82, 2.24) is 14.5 Å². The molecule has 0 aliphatic carbocycles. The van der Waals surface area contributed by atoms with Gasteiger partial charge in [-0.3, -0.25) is 0 Å². The van der Waals surface area contributed by atoms with Crippen LogP contribution in [0.3, 0.4) is 0 Å². The number of nitrogens with zero attached hydrogens (tertiary/aromatic N) is 3. The van der Waals surface area contributed by atoms with E-state index in [0.717, 1.165) is 52.0 Å². The number of fused-ring (bicyclic) bond motifs is 4. The van der Waals surface area contributed by atoms with E-state index in [9.17, 15) is 0 Å². The Morgan fingerprint density at radius 1 is 1.14 bits per heavy atom. The molecule has 1 spiro atoms. The predicted molar refractivity (Wildman–Crippen MR) is 87.9 cm³/mol. The second-order valence-corrected chi connectivity index (χ2v) is 6.56. The van der Waals surface area contributed by atoms with Crippen LogP contribution in [0.25, 0.3) is 0 Å². The maximum atomic E-state index is 5.73. The lowest BCUT2D eigenvalue weighted by molar-refractivity contribution is 0.177. The summed E-state index contributed by atoms with van der Waals surface area (Å²) in [4.78, 5) is 7.28. The van der Waals surface area contributed by atoms with E-state index in [1.165, 1.54) is 17.0 Å². The summed E-state index contributed by atoms with van der Waals surface area (Å²) >= 11 is 0. The summed E-state index contributed by atoms with van der Waals surface area (Å²) in [6.07, 6.45) is 7.50. The first-order valence-electron chi connectivity index (χ1n) is 8.36. The lowest BCUT2D eigenvalue weighted by atomic mass is 9.70. The lowest BCUT2D eigenvalue weighted by Crippen LogP contribution is -2.45. The zero-order valence-corrected chi connectivity index (χ0v) is 13.0. The molecule has 0 saturated carbocycles. The van der Waals surface area contributed by atoms with Crippen LogP contribution in [0.5, 0.6) is 0 Å². The molecule has 4 nitrogen and oxygen atoms in total. The molecule has 4 heteroatoms. The van der Waals surface area contributed by atoms with E-state index >= 15 is 0 Å². The minimum atomic E-state index is 0.0850. The van der Waals surface area contributed by atoms with Crippen LogP contribution in [0, 0.1) is 0 Å². The van der Waals surface area contributed by atoms with Crippen LogP contribution < -0.4 is 5.73 Å². The van der Waals surface area contributed by atoms with Gasteiger partial charge in [0.1, 0.15) is 5.82 Å². The van der Waals surface area contributed by atoms with Crippen LogP contribution >= 0.6 is 0 Å². The smallest absolute Gasteiger partial charge is 0.119 e. The van der Waals surface area contributed by atoms with Gasteiger partial charge in [-0.1, -0.05) is 24.3 Å². The molecule has 1 aromatic carbocycles. The Morgan fingerprint density at radius 2 is 1.95 bits per heavy atom. The average molecular weight is 296 g/mol. The molecule has 3 heterocycles. The number of benzene rings is 1. The second-order valence-electron chi connectivity index (χ2n) is 6.56. The number of hydrogen-bond acceptors (Lipinski definition) is 3. The molecule has 1 fully saturated rings. The summed E-state index contributed by atoms with van der Waals surface area (Å²) in [5.41, 5.74) is 8.82. The monoisotopic (exact) mass is 296 g/mol. The van der Waals surface area contributed by atoms with Crippen molar-refractivity contribution in [3.05, 3.63) is 53.6 Å². The van der Waals surface area contributed by atoms with E-state index < -0.39 is 0 Å². The third-order valence-corrected chi connectivity index (χ3v) is 5.45. The van der Waals surface area contributed by atoms with Gasteiger partial charge in [-0.05, 0) is 43.5 Å². The zero-order chi connectivity index (χ0) is 15.0. The number of aromatic nitrogens is 2. The van der Waals surface area contributed by atoms with E-state index in [1.54, 1.807) is 0 Å². The maximum Gasteiger partial charge on any atom is 0.119 e. The Kier molecular flexibility index (Phi) is 3.51. The van der Waals surface area contributed by atoms with E-state index in [2.05, 4.69) is 39.9 Å². The topological polar surface area (TPSA) is 47.1 Å². The first kappa shape index (κ1) is 14.0. The van der Waals surface area contributed by atoms with Crippen molar-refractivity contribution in [3.8, 4) is 0 Å². The van der Waals surface area contributed by atoms with Crippen LogP contribution in [-0.4, -0.2) is 40.6 Å². The molecule has 1 saturated heterocycles. The molecule has 2 aromatic rings. The van der Waals surface area contributed by atoms with Gasteiger partial charge in [-0.15, -0.1) is 0 Å². The first-order chi connectivity index (χ1) is 10.8. The van der Waals surface area contributed by atoms with Crippen LogP contribution in [0.4, 0.5) is 0 Å². The maximum absolute atomic E-state index is 5.73. The largest absolute Gasteiger partial charge is 0.334 e. The van der Waals surface area contributed by atoms with Crippen LogP contribution in [0.2, 0.25) is 0 Å². The molecular weight excluding hydrogens is 272 g/mol. The van der Waals surface area contributed by atoms with Gasteiger partial charge >= 0.3 is 0 Å². The molecule has 2 N–H and O–H groups in total. The summed E-state index contributed by atoms with van der Waals surface area (Å²) in [5, 5.41) is 0. The third-order valence-electron chi connectivity index (χ3n) is 5.45. The van der Waals surface area contributed by atoms with Gasteiger partial charge in [0, 0.05) is 32.0 Å². The molecular formula is C18H24N4. The van der Waals surface area contributed by atoms with Crippen molar-refractivity contribution in [2.45, 2.75) is 31.2 Å². The number of aryl methyl sites for hydroxylation is 2. The first-order valence-corrected chi connectivity index (χ1v) is 8.36. The van der Waals surface area contributed by atoms with Gasteiger partial charge in [0.15, 0.2) is 0 Å². The molecule has 4 rings (SSSR count). The third kappa shape index (κ3) is 2.09. The normalized spacial score (nSPS) is 20.4. The van der Waals surface area contributed by atoms with E-state index in [-0.39, 0.29) is 5.41 Å². The molecule has 0 bridgehead atoms. The molecule has 0 radical (unpaired) electrons. The number of hydrogen-bond donors (Lipinski definition) is 1. The second kappa shape index (κ2) is 5.52. The Bertz CT molecular complexity index is 653. The minimum absolute atomic E-state index is 0.0850. The van der Waals surface area contributed by atoms with E-state index in [0.29, 0.717) is 0 Å². The molecule has 22 heavy (non-hydrogen) atoms. The van der Waals surface area contributed by atoms with Crippen molar-refractivity contribution in [1.29, 1.82) is 0 Å². The average Bonchev–Trinajstić information content (AvgIpc) is 2.99. The van der Waals surface area contributed by atoms with Crippen LogP contribution in [-0.2, 0) is 18.4 Å². The Balaban J connectivity index is 1.79. The number of piperidine rings is 1. The Morgan fingerprint density at radius 3 is 2.77 bits per heavy atom. The molecule has 0 amide bonds. The van der Waals surface area contributed by atoms with Crippen LogP contribution in [0.1, 0.15) is 29.8 Å². The Hall–Kier alpha value is -1.65. The van der Waals surface area contributed by atoms with Gasteiger partial charge in [-0.2, -0.15) is 0 Å². The highest BCUT2D eigenvalue weighted by atomic mass is 15.2. The minimum Gasteiger partial charge on any atom is -0.334 e. The summed E-state index contributed by atoms with van der Waals surface area (Å²) in [7, 11) is 0. The SMILES string of the molecule is NCCN1CCC2(CC1)c1ccccc1CCn1ccnc12. The van der Waals surface area contributed by atoms with Crippen molar-refractivity contribution < 1.29 is 0 Å². The number of rotatable bonds is 2. The molecule has 2 aliphatic rings. The fraction of sp³-hybridized carbons (Fsp3) is 0.500. The molecule has 0 unspecified atom stereocenters. The quantitative estimate of drug-likeness (QED) is 0.919. The summed E-state index contributed by atoms with van der Waals surface area (Å²) in [5.74, 6) is 1.27. The molecule has 1 aromatic heterocycles. The van der Waals surface area contributed by atoms with Gasteiger partial charge in [0.25, 0.3) is 0 Å². The molecule has 0 atom stereocenters. The van der Waals surface area contributed by atoms with E-state index in [4.69, 9.17) is 10.7 Å². The molecule has 2 aliphatic heterocycles. The van der Waals surface area contributed by atoms with Crippen molar-refractivity contribution in [2.75, 3.05) is 26.2 Å². The highest BCUT2D eigenvalue weighted by Crippen LogP contribution is 2.43. The predicted octanol–water partition coefficient (Wildman–Crippen LogP) is 1.78. The Labute approximate surface area is 131 Å². The highest BCUT2D eigenvalue weighted by Gasteiger charge is 2.43. The van der Waals surface area contributed by atoms with Gasteiger partial charge in [0.2, 0.25) is 0 Å². The van der Waals surface area contributed by atoms with Crippen molar-refractivity contribution in [2.24, 2.45) is 5.73 Å². The standard InChI is InChI=1S/C18H24N4/c19-8-13-21-11-6-18(7-12-21)16-4-2-1-3-15(16)5-10-22-14-9-20-17(18)22/h1-4,9,14H,5-8,10-13,19H2. The summed E-state index contributed by atoms with van der Waals surface area (Å²) in [6.45, 7) is 5.02. The number of imidazole rings is 1. The van der Waals surface area contributed by atoms with Crippen molar-refractivity contribution >= 4 is 0 Å². The molecule has 116 valence electrons. The lowest BCUT2D eigenvalue weighted by Gasteiger charge is -2.41. The fourth-order valence-corrected chi connectivity index (χ4v) is 4.31. The number of likely N-dealkylation sites (tertiary alicyclic amines) is 1. The van der Waals surface area contributed by atoms with Crippen molar-refractivity contribution in [3.63, 3.8) is 0 Å². The van der Waals surface area contributed by atoms with Crippen LogP contribution in [0.15, 0.2) is 36.7 Å². The summed E-state index contributed by atoms with van der Waals surface area (Å²) < 4.78 is 2.37. The number of nitrogens with two attached hydrogens (primary N) is 1.